The second kappa shape index (κ2) is 6.44. The zero-order valence-corrected chi connectivity index (χ0v) is 12.6. The number of methoxy groups -OCH3 is 1. The quantitative estimate of drug-likeness (QED) is 0.755. The van der Waals surface area contributed by atoms with Gasteiger partial charge in [0.15, 0.2) is 0 Å². The largest absolute Gasteiger partial charge is 0.468 e. The molecule has 1 aliphatic heterocycles. The van der Waals surface area contributed by atoms with Crippen LogP contribution in [-0.2, 0) is 9.53 Å². The van der Waals surface area contributed by atoms with Gasteiger partial charge in [-0.25, -0.2) is 0 Å². The maximum atomic E-state index is 11.9. The van der Waals surface area contributed by atoms with E-state index in [2.05, 4.69) is 10.2 Å². The molecule has 0 radical (unpaired) electrons. The minimum atomic E-state index is -0.102. The third-order valence-corrected chi connectivity index (χ3v) is 5.33. The second-order valence-electron chi connectivity index (χ2n) is 6.74. The van der Waals surface area contributed by atoms with Gasteiger partial charge < -0.3 is 15.0 Å². The smallest absolute Gasteiger partial charge is 0.322 e. The van der Waals surface area contributed by atoms with E-state index in [9.17, 15) is 4.79 Å². The Morgan fingerprint density at radius 1 is 1.25 bits per heavy atom. The summed E-state index contributed by atoms with van der Waals surface area (Å²) in [6, 6.07) is 1.25. The molecule has 0 amide bonds. The molecule has 0 aromatic rings. The Bertz CT molecular complexity index is 343. The Balaban J connectivity index is 1.49. The molecular weight excluding hydrogens is 252 g/mol. The predicted molar refractivity (Wildman–Crippen MR) is 78.5 cm³/mol. The summed E-state index contributed by atoms with van der Waals surface area (Å²) in [5.41, 5.74) is 0. The van der Waals surface area contributed by atoms with Gasteiger partial charge in [-0.1, -0.05) is 12.8 Å². The van der Waals surface area contributed by atoms with Crippen molar-refractivity contribution in [3.05, 3.63) is 0 Å². The fourth-order valence-corrected chi connectivity index (χ4v) is 4.02. The number of ether oxygens (including phenoxy) is 1. The fourth-order valence-electron chi connectivity index (χ4n) is 4.02. The van der Waals surface area contributed by atoms with Gasteiger partial charge in [-0.15, -0.1) is 0 Å². The molecule has 2 saturated carbocycles. The fraction of sp³-hybridized carbons (Fsp3) is 0.938. The summed E-state index contributed by atoms with van der Waals surface area (Å²) in [6.45, 7) is 2.27. The summed E-state index contributed by atoms with van der Waals surface area (Å²) in [5, 5.41) is 3.44. The molecule has 0 bridgehead atoms. The lowest BCUT2D eigenvalue weighted by Crippen LogP contribution is -2.43. The SMILES string of the molecule is COC(=O)C(CCN1CCC2CCCCC21)NC1CC1. The van der Waals surface area contributed by atoms with Crippen LogP contribution in [0.25, 0.3) is 0 Å². The normalized spacial score (nSPS) is 31.9. The van der Waals surface area contributed by atoms with Gasteiger partial charge in [0.05, 0.1) is 7.11 Å². The van der Waals surface area contributed by atoms with E-state index < -0.39 is 0 Å². The van der Waals surface area contributed by atoms with Crippen molar-refractivity contribution >= 4 is 5.97 Å². The number of nitrogens with one attached hydrogen (secondary N) is 1. The van der Waals surface area contributed by atoms with E-state index in [0.717, 1.165) is 24.9 Å². The highest BCUT2D eigenvalue weighted by atomic mass is 16.5. The zero-order valence-electron chi connectivity index (χ0n) is 12.6. The van der Waals surface area contributed by atoms with Crippen molar-refractivity contribution < 1.29 is 9.53 Å². The number of hydrogen-bond donors (Lipinski definition) is 1. The van der Waals surface area contributed by atoms with Gasteiger partial charge in [0.25, 0.3) is 0 Å². The van der Waals surface area contributed by atoms with Crippen LogP contribution in [0.5, 0.6) is 0 Å². The number of likely N-dealkylation sites (tertiary alicyclic amines) is 1. The standard InChI is InChI=1S/C16H28N2O2/c1-20-16(19)14(17-13-6-7-13)9-11-18-10-8-12-4-2-3-5-15(12)18/h12-15,17H,2-11H2,1H3. The summed E-state index contributed by atoms with van der Waals surface area (Å²) < 4.78 is 4.94. The molecule has 3 unspecified atom stereocenters. The third kappa shape index (κ3) is 3.34. The summed E-state index contributed by atoms with van der Waals surface area (Å²) in [6.07, 6.45) is 10.3. The summed E-state index contributed by atoms with van der Waals surface area (Å²) in [4.78, 5) is 14.5. The monoisotopic (exact) mass is 280 g/mol. The Morgan fingerprint density at radius 3 is 2.80 bits per heavy atom. The van der Waals surface area contributed by atoms with E-state index in [-0.39, 0.29) is 12.0 Å². The summed E-state index contributed by atoms with van der Waals surface area (Å²) in [5.74, 6) is 0.841. The van der Waals surface area contributed by atoms with E-state index in [1.165, 1.54) is 58.6 Å². The van der Waals surface area contributed by atoms with Crippen LogP contribution in [-0.4, -0.2) is 49.2 Å². The lowest BCUT2D eigenvalue weighted by Gasteiger charge is -2.32. The first-order valence-corrected chi connectivity index (χ1v) is 8.36. The average molecular weight is 280 g/mol. The van der Waals surface area contributed by atoms with Gasteiger partial charge in [0, 0.05) is 18.6 Å². The number of fused-ring (bicyclic) bond motifs is 1. The van der Waals surface area contributed by atoms with E-state index in [0.29, 0.717) is 6.04 Å². The van der Waals surface area contributed by atoms with Crippen LogP contribution in [0.4, 0.5) is 0 Å². The van der Waals surface area contributed by atoms with Crippen molar-refractivity contribution in [3.8, 4) is 0 Å². The Morgan fingerprint density at radius 2 is 2.05 bits per heavy atom. The Labute approximate surface area is 122 Å². The number of esters is 1. The van der Waals surface area contributed by atoms with Gasteiger partial charge in [0.2, 0.25) is 0 Å². The highest BCUT2D eigenvalue weighted by Crippen LogP contribution is 2.36. The maximum Gasteiger partial charge on any atom is 0.322 e. The molecule has 4 heteroatoms. The second-order valence-corrected chi connectivity index (χ2v) is 6.74. The van der Waals surface area contributed by atoms with Gasteiger partial charge in [0.1, 0.15) is 6.04 Å². The molecule has 1 heterocycles. The molecule has 0 aromatic heterocycles. The van der Waals surface area contributed by atoms with E-state index in [1.54, 1.807) is 0 Å². The van der Waals surface area contributed by atoms with Crippen molar-refractivity contribution in [2.24, 2.45) is 5.92 Å². The molecule has 114 valence electrons. The molecule has 3 rings (SSSR count). The van der Waals surface area contributed by atoms with Crippen molar-refractivity contribution in [1.82, 2.24) is 10.2 Å². The first-order chi connectivity index (χ1) is 9.78. The van der Waals surface area contributed by atoms with Crippen LogP contribution in [0.2, 0.25) is 0 Å². The molecule has 3 aliphatic rings. The topological polar surface area (TPSA) is 41.6 Å². The molecule has 0 spiro atoms. The maximum absolute atomic E-state index is 11.9. The van der Waals surface area contributed by atoms with Crippen LogP contribution in [0.1, 0.15) is 51.4 Å². The first kappa shape index (κ1) is 14.3. The predicted octanol–water partition coefficient (Wildman–Crippen LogP) is 1.93. The number of carbonyl (C=O) groups is 1. The van der Waals surface area contributed by atoms with Crippen LogP contribution >= 0.6 is 0 Å². The molecule has 2 aliphatic carbocycles. The molecular formula is C16H28N2O2. The molecule has 3 atom stereocenters. The molecule has 3 fully saturated rings. The average Bonchev–Trinajstić information content (AvgIpc) is 3.21. The van der Waals surface area contributed by atoms with Crippen LogP contribution < -0.4 is 5.32 Å². The third-order valence-electron chi connectivity index (χ3n) is 5.33. The van der Waals surface area contributed by atoms with Gasteiger partial charge in [-0.2, -0.15) is 0 Å². The van der Waals surface area contributed by atoms with E-state index >= 15 is 0 Å². The molecule has 1 saturated heterocycles. The van der Waals surface area contributed by atoms with Crippen molar-refractivity contribution in [2.75, 3.05) is 20.2 Å². The molecule has 4 nitrogen and oxygen atoms in total. The first-order valence-electron chi connectivity index (χ1n) is 8.36. The molecule has 20 heavy (non-hydrogen) atoms. The van der Waals surface area contributed by atoms with Gasteiger partial charge >= 0.3 is 5.97 Å². The van der Waals surface area contributed by atoms with Crippen molar-refractivity contribution in [3.63, 3.8) is 0 Å². The van der Waals surface area contributed by atoms with Gasteiger partial charge in [-0.3, -0.25) is 4.79 Å². The molecule has 0 aromatic carbocycles. The van der Waals surface area contributed by atoms with E-state index in [1.807, 2.05) is 0 Å². The minimum Gasteiger partial charge on any atom is -0.468 e. The lowest BCUT2D eigenvalue weighted by molar-refractivity contribution is -0.143. The summed E-state index contributed by atoms with van der Waals surface area (Å²) >= 11 is 0. The minimum absolute atomic E-state index is 0.0868. The van der Waals surface area contributed by atoms with Crippen molar-refractivity contribution in [2.45, 2.75) is 69.5 Å². The molecule has 1 N–H and O–H groups in total. The van der Waals surface area contributed by atoms with Gasteiger partial charge in [-0.05, 0) is 51.0 Å². The zero-order chi connectivity index (χ0) is 13.9. The van der Waals surface area contributed by atoms with Crippen molar-refractivity contribution in [1.29, 1.82) is 0 Å². The highest BCUT2D eigenvalue weighted by molar-refractivity contribution is 5.75. The lowest BCUT2D eigenvalue weighted by atomic mass is 9.85. The number of rotatable bonds is 6. The van der Waals surface area contributed by atoms with Crippen LogP contribution in [0, 0.1) is 5.92 Å². The van der Waals surface area contributed by atoms with Crippen LogP contribution in [0.3, 0.4) is 0 Å². The number of carbonyl (C=O) groups excluding carboxylic acids is 1. The van der Waals surface area contributed by atoms with E-state index in [4.69, 9.17) is 4.74 Å². The Hall–Kier alpha value is -0.610. The Kier molecular flexibility index (Phi) is 4.61. The van der Waals surface area contributed by atoms with Crippen LogP contribution in [0.15, 0.2) is 0 Å². The number of hydrogen-bond acceptors (Lipinski definition) is 4. The highest BCUT2D eigenvalue weighted by Gasteiger charge is 2.36. The summed E-state index contributed by atoms with van der Waals surface area (Å²) in [7, 11) is 1.50. The number of nitrogens with zero attached hydrogens (tertiary/aromatic N) is 1.